The van der Waals surface area contributed by atoms with Gasteiger partial charge in [0.05, 0.1) is 48.1 Å². The standard InChI is InChI=1S/C48H44N10O23P4/c49-39-33-41(53-23-51-39)57(25-55-33)43-37(77-47(61)29-17-9-3-10-18-29)35(75-45(59)27-13-5-1-6-14-27)31(73-43)21-71-82(63,64)79-84(67,68)81-85(69,70)80-83(65,66)72-22-32-36(76-46(60)28-15-7-2-8-16-28)38(78-48(62)30-19-11-4-12-20-30)44(74-32)58-26-56-34-40(50)52-24-54-42(34)58/h1-20,23-26,31-32,35-38,43-44H,21-22H2,(H,63,64)(H,65,66)(H,67,68)(H,69,70)(H2,49,51,53)(H2,50,52,54)/t31-,32-,35-,36+,37-,38+,43-,44+/m1/s1. The van der Waals surface area contributed by atoms with Gasteiger partial charge in [0, 0.05) is 0 Å². The zero-order chi connectivity index (χ0) is 60.3. The molecule has 10 rings (SSSR count). The van der Waals surface area contributed by atoms with Crippen LogP contribution in [0.4, 0.5) is 11.6 Å². The second kappa shape index (κ2) is 24.9. The van der Waals surface area contributed by atoms with Crippen LogP contribution < -0.4 is 11.5 Å². The van der Waals surface area contributed by atoms with Crippen molar-refractivity contribution in [2.75, 3.05) is 24.7 Å². The average molecular weight is 1250 g/mol. The second-order valence-electron chi connectivity index (χ2n) is 18.0. The highest BCUT2D eigenvalue weighted by Crippen LogP contribution is 2.71. The van der Waals surface area contributed by atoms with E-state index >= 15 is 0 Å². The molecule has 4 aromatic carbocycles. The van der Waals surface area contributed by atoms with Gasteiger partial charge in [-0.1, -0.05) is 72.8 Å². The number of benzene rings is 4. The Bertz CT molecular complexity index is 3720. The number of ether oxygens (including phenoxy) is 6. The van der Waals surface area contributed by atoms with E-state index in [0.29, 0.717) is 0 Å². The zero-order valence-electron chi connectivity index (χ0n) is 43.0. The molecular weight excluding hydrogens is 1210 g/mol. The molecule has 4 aromatic heterocycles. The quantitative estimate of drug-likeness (QED) is 0.0295. The van der Waals surface area contributed by atoms with Gasteiger partial charge in [-0.05, 0) is 48.5 Å². The lowest BCUT2D eigenvalue weighted by molar-refractivity contribution is -0.0559. The largest absolute Gasteiger partial charge is 0.490 e. The molecule has 12 atom stereocenters. The van der Waals surface area contributed by atoms with Crippen molar-refractivity contribution >= 4 is 89.1 Å². The van der Waals surface area contributed by atoms with E-state index in [1.165, 1.54) is 106 Å². The minimum atomic E-state index is -6.47. The van der Waals surface area contributed by atoms with E-state index in [2.05, 4.69) is 42.8 Å². The van der Waals surface area contributed by atoms with Gasteiger partial charge in [-0.25, -0.2) is 67.3 Å². The van der Waals surface area contributed by atoms with Gasteiger partial charge in [0.15, 0.2) is 59.8 Å². The van der Waals surface area contributed by atoms with E-state index in [0.717, 1.165) is 25.3 Å². The Labute approximate surface area is 476 Å². The Morgan fingerprint density at radius 1 is 0.435 bits per heavy atom. The number of esters is 4. The number of aromatic nitrogens is 8. The summed E-state index contributed by atoms with van der Waals surface area (Å²) in [5.74, 6) is -4.19. The number of carbonyl (C=O) groups excluding carboxylic acids is 4. The van der Waals surface area contributed by atoms with Gasteiger partial charge in [-0.3, -0.25) is 18.2 Å². The molecule has 0 saturated carbocycles. The molecule has 85 heavy (non-hydrogen) atoms. The third kappa shape index (κ3) is 14.0. The van der Waals surface area contributed by atoms with Gasteiger partial charge in [0.25, 0.3) is 0 Å². The maximum atomic E-state index is 13.6. The second-order valence-corrected chi connectivity index (χ2v) is 24.2. The molecule has 0 radical (unpaired) electrons. The third-order valence-corrected chi connectivity index (χ3v) is 18.2. The number of anilines is 2. The molecule has 4 unspecified atom stereocenters. The average Bonchev–Trinajstić information content (AvgIpc) is 3.32. The van der Waals surface area contributed by atoms with Crippen LogP contribution in [0.5, 0.6) is 0 Å². The number of nitrogens with two attached hydrogens (primary N) is 2. The maximum absolute atomic E-state index is 13.6. The normalized spacial score (nSPS) is 23.2. The molecule has 0 bridgehead atoms. The summed E-state index contributed by atoms with van der Waals surface area (Å²) in [4.78, 5) is 122. The summed E-state index contributed by atoms with van der Waals surface area (Å²) >= 11 is 0. The molecule has 8 aromatic rings. The van der Waals surface area contributed by atoms with Gasteiger partial charge in [-0.15, -0.1) is 0 Å². The van der Waals surface area contributed by atoms with E-state index < -0.39 is 117 Å². The van der Waals surface area contributed by atoms with Gasteiger partial charge in [0.1, 0.15) is 35.9 Å². The van der Waals surface area contributed by atoms with Crippen LogP contribution in [0, 0.1) is 0 Å². The number of nitrogens with zero attached hydrogens (tertiary/aromatic N) is 8. The SMILES string of the molecule is Nc1ncnc2c1ncn2[C@@H]1O[C@H](COP(=O)(O)OP(=O)(O)OP(=O)(O)OP(=O)(O)OC[C@H]2O[C@H](n3cnc4c(N)ncnc43)[C@@H](OC(=O)c3ccccc3)[C@H]2OC(=O)c2ccccc2)[C@@H](OC(=O)c2ccccc2)[C@H]1OC(=O)c1ccccc1. The maximum Gasteiger partial charge on any atom is 0.490 e. The molecular formula is C48H44N10O23P4. The first-order chi connectivity index (χ1) is 40.5. The first-order valence-corrected chi connectivity index (χ1v) is 30.5. The van der Waals surface area contributed by atoms with Gasteiger partial charge < -0.3 is 59.5 Å². The van der Waals surface area contributed by atoms with Gasteiger partial charge in [0.2, 0.25) is 0 Å². The summed E-state index contributed by atoms with van der Waals surface area (Å²) in [5.41, 5.74) is 12.1. The van der Waals surface area contributed by atoms with Crippen molar-refractivity contribution < 1.29 is 107 Å². The Morgan fingerprint density at radius 3 is 1.05 bits per heavy atom. The van der Waals surface area contributed by atoms with Crippen LogP contribution >= 0.6 is 31.3 Å². The zero-order valence-corrected chi connectivity index (χ0v) is 46.5. The Hall–Kier alpha value is -8.06. The highest BCUT2D eigenvalue weighted by atomic mass is 31.3. The number of imidazole rings is 2. The summed E-state index contributed by atoms with van der Waals surface area (Å²) in [6, 6.07) is 29.7. The van der Waals surface area contributed by atoms with E-state index in [1.807, 2.05) is 0 Å². The van der Waals surface area contributed by atoms with Crippen molar-refractivity contribution in [2.45, 2.75) is 49.1 Å². The molecule has 444 valence electrons. The summed E-state index contributed by atoms with van der Waals surface area (Å²) in [6.45, 7) is -2.49. The lowest BCUT2D eigenvalue weighted by Gasteiger charge is -2.25. The van der Waals surface area contributed by atoms with Crippen LogP contribution in [-0.2, 0) is 68.7 Å². The fourth-order valence-electron chi connectivity index (χ4n) is 8.65. The van der Waals surface area contributed by atoms with E-state index in [1.54, 1.807) is 24.3 Å². The molecule has 8 N–H and O–H groups in total. The van der Waals surface area contributed by atoms with Gasteiger partial charge in [-0.2, -0.15) is 12.9 Å². The Balaban J connectivity index is 0.853. The van der Waals surface area contributed by atoms with Crippen molar-refractivity contribution in [3.63, 3.8) is 0 Å². The molecule has 2 aliphatic rings. The smallest absolute Gasteiger partial charge is 0.452 e. The van der Waals surface area contributed by atoms with Crippen LogP contribution in [0.2, 0.25) is 0 Å². The topological polar surface area (TPSA) is 458 Å². The molecule has 37 heteroatoms. The predicted molar refractivity (Wildman–Crippen MR) is 284 cm³/mol. The summed E-state index contributed by atoms with van der Waals surface area (Å²) in [6.07, 6.45) is -9.19. The summed E-state index contributed by atoms with van der Waals surface area (Å²) in [7, 11) is -25.1. The monoisotopic (exact) mass is 1250 g/mol. The van der Waals surface area contributed by atoms with Gasteiger partial charge >= 0.3 is 55.2 Å². The van der Waals surface area contributed by atoms with Crippen molar-refractivity contribution in [2.24, 2.45) is 0 Å². The Morgan fingerprint density at radius 2 is 0.729 bits per heavy atom. The summed E-state index contributed by atoms with van der Waals surface area (Å²) < 4.78 is 114. The molecule has 0 spiro atoms. The number of phosphoric acid groups is 4. The highest BCUT2D eigenvalue weighted by molar-refractivity contribution is 7.69. The van der Waals surface area contributed by atoms with Crippen molar-refractivity contribution in [1.82, 2.24) is 39.0 Å². The van der Waals surface area contributed by atoms with Crippen LogP contribution in [0.25, 0.3) is 22.3 Å². The molecule has 2 fully saturated rings. The number of carbonyl (C=O) groups is 4. The number of rotatable bonds is 22. The lowest BCUT2D eigenvalue weighted by Crippen LogP contribution is -2.41. The molecule has 0 amide bonds. The Kier molecular flexibility index (Phi) is 17.6. The van der Waals surface area contributed by atoms with Crippen molar-refractivity contribution in [3.05, 3.63) is 169 Å². The number of phosphoric ester groups is 2. The first-order valence-electron chi connectivity index (χ1n) is 24.5. The minimum absolute atomic E-state index is 0.00196. The van der Waals surface area contributed by atoms with E-state index in [-0.39, 0.29) is 56.2 Å². The molecule has 2 saturated heterocycles. The fourth-order valence-corrected chi connectivity index (χ4v) is 13.6. The number of fused-ring (bicyclic) bond motifs is 2. The molecule has 33 nitrogen and oxygen atoms in total. The van der Waals surface area contributed by atoms with E-state index in [4.69, 9.17) is 48.9 Å². The number of hydrogen-bond donors (Lipinski definition) is 6. The summed E-state index contributed by atoms with van der Waals surface area (Å²) in [5, 5.41) is 0. The minimum Gasteiger partial charge on any atom is -0.452 e. The van der Waals surface area contributed by atoms with Crippen LogP contribution in [-0.4, -0.2) is 132 Å². The molecule has 0 aliphatic carbocycles. The fraction of sp³-hybridized carbons (Fsp3) is 0.208. The van der Waals surface area contributed by atoms with Crippen molar-refractivity contribution in [3.8, 4) is 0 Å². The van der Waals surface area contributed by atoms with Crippen molar-refractivity contribution in [1.29, 1.82) is 0 Å². The molecule has 6 heterocycles. The van der Waals surface area contributed by atoms with E-state index in [9.17, 15) is 57.0 Å². The number of nitrogen functional groups attached to an aromatic ring is 2. The number of hydrogen-bond acceptors (Lipinski definition) is 27. The highest BCUT2D eigenvalue weighted by Gasteiger charge is 2.55. The first kappa shape index (κ1) is 60.1. The predicted octanol–water partition coefficient (Wildman–Crippen LogP) is 5.01. The van der Waals surface area contributed by atoms with Crippen LogP contribution in [0.15, 0.2) is 147 Å². The lowest BCUT2D eigenvalue weighted by atomic mass is 10.1. The molecule has 2 aliphatic heterocycles. The van der Waals surface area contributed by atoms with Crippen LogP contribution in [0.1, 0.15) is 53.9 Å². The third-order valence-electron chi connectivity index (χ3n) is 12.3. The van der Waals surface area contributed by atoms with Crippen LogP contribution in [0.3, 0.4) is 0 Å².